The third-order valence-electron chi connectivity index (χ3n) is 4.70. The van der Waals surface area contributed by atoms with Gasteiger partial charge in [0.25, 0.3) is 20.0 Å². The van der Waals surface area contributed by atoms with E-state index in [1.54, 1.807) is 48.5 Å². The number of halogens is 2. The maximum atomic E-state index is 12.5. The van der Waals surface area contributed by atoms with Gasteiger partial charge in [-0.3, -0.25) is 9.44 Å². The number of benzene rings is 4. The molecule has 180 valence electrons. The summed E-state index contributed by atoms with van der Waals surface area (Å²) in [5.74, 6) is 0.933. The lowest BCUT2D eigenvalue weighted by molar-refractivity contribution is 0.483. The molecule has 0 aliphatic carbocycles. The van der Waals surface area contributed by atoms with Gasteiger partial charge in [0.15, 0.2) is 0 Å². The van der Waals surface area contributed by atoms with Crippen molar-refractivity contribution >= 4 is 54.6 Å². The van der Waals surface area contributed by atoms with E-state index in [9.17, 15) is 16.8 Å². The molecule has 4 aromatic carbocycles. The molecule has 11 heteroatoms. The van der Waals surface area contributed by atoms with Crippen LogP contribution in [0.1, 0.15) is 0 Å². The highest BCUT2D eigenvalue weighted by molar-refractivity contribution is 7.93. The lowest BCUT2D eigenvalue weighted by Gasteiger charge is -2.11. The highest BCUT2D eigenvalue weighted by Gasteiger charge is 2.15. The molecule has 0 heterocycles. The van der Waals surface area contributed by atoms with Gasteiger partial charge in [-0.2, -0.15) is 0 Å². The molecule has 2 N–H and O–H groups in total. The van der Waals surface area contributed by atoms with Crippen LogP contribution in [-0.4, -0.2) is 16.8 Å². The van der Waals surface area contributed by atoms with E-state index in [-0.39, 0.29) is 9.79 Å². The highest BCUT2D eigenvalue weighted by Crippen LogP contribution is 2.26. The summed E-state index contributed by atoms with van der Waals surface area (Å²) in [5, 5.41) is 0.884. The highest BCUT2D eigenvalue weighted by atomic mass is 35.5. The van der Waals surface area contributed by atoms with Gasteiger partial charge in [0, 0.05) is 21.4 Å². The molecule has 7 nitrogen and oxygen atoms in total. The quantitative estimate of drug-likeness (QED) is 0.265. The van der Waals surface area contributed by atoms with E-state index in [1.807, 2.05) is 0 Å². The average molecular weight is 549 g/mol. The van der Waals surface area contributed by atoms with Gasteiger partial charge in [0.1, 0.15) is 11.5 Å². The average Bonchev–Trinajstić information content (AvgIpc) is 2.82. The van der Waals surface area contributed by atoms with E-state index in [4.69, 9.17) is 27.9 Å². The van der Waals surface area contributed by atoms with Crippen LogP contribution < -0.4 is 14.2 Å². The first-order valence-corrected chi connectivity index (χ1v) is 13.8. The van der Waals surface area contributed by atoms with Crippen molar-refractivity contribution in [1.82, 2.24) is 0 Å². The fourth-order valence-corrected chi connectivity index (χ4v) is 5.34. The zero-order valence-electron chi connectivity index (χ0n) is 17.9. The summed E-state index contributed by atoms with van der Waals surface area (Å²) in [6.45, 7) is 0. The van der Waals surface area contributed by atoms with E-state index in [0.29, 0.717) is 32.9 Å². The van der Waals surface area contributed by atoms with Gasteiger partial charge in [-0.25, -0.2) is 16.8 Å². The first-order valence-electron chi connectivity index (χ1n) is 10.1. The molecule has 0 bridgehead atoms. The summed E-state index contributed by atoms with van der Waals surface area (Å²) in [6.07, 6.45) is 0. The van der Waals surface area contributed by atoms with Crippen LogP contribution in [0.2, 0.25) is 10.0 Å². The number of anilines is 2. The first-order chi connectivity index (χ1) is 16.6. The Kier molecular flexibility index (Phi) is 7.23. The summed E-state index contributed by atoms with van der Waals surface area (Å²) in [6, 6.07) is 24.4. The summed E-state index contributed by atoms with van der Waals surface area (Å²) in [4.78, 5) is 0.183. The summed E-state index contributed by atoms with van der Waals surface area (Å²) < 4.78 is 60.7. The Morgan fingerprint density at radius 2 is 0.800 bits per heavy atom. The maximum Gasteiger partial charge on any atom is 0.261 e. The maximum absolute atomic E-state index is 12.5. The summed E-state index contributed by atoms with van der Waals surface area (Å²) in [5.41, 5.74) is 0.721. The second-order valence-corrected chi connectivity index (χ2v) is 11.5. The number of hydrogen-bond donors (Lipinski definition) is 2. The van der Waals surface area contributed by atoms with Gasteiger partial charge in [-0.1, -0.05) is 23.2 Å². The zero-order chi connectivity index (χ0) is 25.1. The normalized spacial score (nSPS) is 11.6. The Morgan fingerprint density at radius 1 is 0.486 bits per heavy atom. The second-order valence-electron chi connectivity index (χ2n) is 7.27. The van der Waals surface area contributed by atoms with Crippen LogP contribution in [0.5, 0.6) is 11.5 Å². The fraction of sp³-hybridized carbons (Fsp3) is 0. The van der Waals surface area contributed by atoms with E-state index in [2.05, 4.69) is 9.44 Å². The monoisotopic (exact) mass is 548 g/mol. The predicted molar refractivity (Wildman–Crippen MR) is 137 cm³/mol. The molecule has 0 aliphatic heterocycles. The fourth-order valence-electron chi connectivity index (χ4n) is 2.97. The Hall–Kier alpha value is -3.24. The van der Waals surface area contributed by atoms with Crippen molar-refractivity contribution in [2.75, 3.05) is 9.44 Å². The van der Waals surface area contributed by atoms with E-state index in [1.165, 1.54) is 48.5 Å². The molecule has 0 fully saturated rings. The third-order valence-corrected chi connectivity index (χ3v) is 7.99. The van der Waals surface area contributed by atoms with Crippen molar-refractivity contribution in [1.29, 1.82) is 0 Å². The van der Waals surface area contributed by atoms with Gasteiger partial charge < -0.3 is 4.74 Å². The largest absolute Gasteiger partial charge is 0.457 e. The molecule has 0 atom stereocenters. The molecule has 0 unspecified atom stereocenters. The molecule has 0 aromatic heterocycles. The Morgan fingerprint density at radius 3 is 1.11 bits per heavy atom. The van der Waals surface area contributed by atoms with Crippen molar-refractivity contribution in [2.45, 2.75) is 9.79 Å². The standard InChI is InChI=1S/C24H18Cl2N2O5S2/c25-17-1-13-23(14-2-17)34(29,30)27-19-5-9-21(10-6-19)33-22-11-7-20(8-12-22)28-35(31,32)24-15-3-18(26)4-16-24/h1-16,27-28H. The molecular formula is C24H18Cl2N2O5S2. The SMILES string of the molecule is O=S(=O)(Nc1ccc(Oc2ccc(NS(=O)(=O)c3ccc(Cl)cc3)cc2)cc1)c1ccc(Cl)cc1. The lowest BCUT2D eigenvalue weighted by atomic mass is 10.3. The minimum Gasteiger partial charge on any atom is -0.457 e. The van der Waals surface area contributed by atoms with Crippen LogP contribution in [0, 0.1) is 0 Å². The number of sulfonamides is 2. The van der Waals surface area contributed by atoms with Crippen molar-refractivity contribution in [3.05, 3.63) is 107 Å². The van der Waals surface area contributed by atoms with Gasteiger partial charge in [-0.15, -0.1) is 0 Å². The number of nitrogens with one attached hydrogen (secondary N) is 2. The second kappa shape index (κ2) is 10.2. The number of ether oxygens (including phenoxy) is 1. The van der Waals surface area contributed by atoms with Crippen molar-refractivity contribution < 1.29 is 21.6 Å². The third kappa shape index (κ3) is 6.46. The lowest BCUT2D eigenvalue weighted by Crippen LogP contribution is -2.12. The molecular weight excluding hydrogens is 531 g/mol. The molecule has 0 radical (unpaired) electrons. The van der Waals surface area contributed by atoms with Crippen LogP contribution in [0.4, 0.5) is 11.4 Å². The van der Waals surface area contributed by atoms with E-state index < -0.39 is 20.0 Å². The van der Waals surface area contributed by atoms with Gasteiger partial charge in [0.05, 0.1) is 9.79 Å². The van der Waals surface area contributed by atoms with Gasteiger partial charge in [-0.05, 0) is 97.1 Å². The molecule has 0 saturated carbocycles. The molecule has 4 rings (SSSR count). The molecule has 4 aromatic rings. The van der Waals surface area contributed by atoms with Crippen LogP contribution in [-0.2, 0) is 20.0 Å². The van der Waals surface area contributed by atoms with Crippen LogP contribution in [0.15, 0.2) is 107 Å². The van der Waals surface area contributed by atoms with E-state index in [0.717, 1.165) is 0 Å². The Balaban J connectivity index is 1.39. The first kappa shape index (κ1) is 24.9. The summed E-state index contributed by atoms with van der Waals surface area (Å²) in [7, 11) is -7.51. The number of rotatable bonds is 8. The zero-order valence-corrected chi connectivity index (χ0v) is 21.0. The number of hydrogen-bond acceptors (Lipinski definition) is 5. The van der Waals surface area contributed by atoms with Crippen molar-refractivity contribution in [3.63, 3.8) is 0 Å². The predicted octanol–water partition coefficient (Wildman–Crippen LogP) is 6.39. The van der Waals surface area contributed by atoms with Gasteiger partial charge in [0.2, 0.25) is 0 Å². The van der Waals surface area contributed by atoms with Crippen LogP contribution in [0.3, 0.4) is 0 Å². The smallest absolute Gasteiger partial charge is 0.261 e. The molecule has 35 heavy (non-hydrogen) atoms. The molecule has 0 aliphatic rings. The molecule has 0 amide bonds. The van der Waals surface area contributed by atoms with Crippen LogP contribution in [0.25, 0.3) is 0 Å². The minimum atomic E-state index is -3.76. The van der Waals surface area contributed by atoms with Gasteiger partial charge >= 0.3 is 0 Å². The van der Waals surface area contributed by atoms with Crippen LogP contribution >= 0.6 is 23.2 Å². The van der Waals surface area contributed by atoms with Crippen molar-refractivity contribution in [3.8, 4) is 11.5 Å². The topological polar surface area (TPSA) is 102 Å². The molecule has 0 saturated heterocycles. The Labute approximate surface area is 213 Å². The molecule has 0 spiro atoms. The van der Waals surface area contributed by atoms with E-state index >= 15 is 0 Å². The Bertz CT molecular complexity index is 1410. The van der Waals surface area contributed by atoms with Crippen molar-refractivity contribution in [2.24, 2.45) is 0 Å². The summed E-state index contributed by atoms with van der Waals surface area (Å²) >= 11 is 11.6. The minimum absolute atomic E-state index is 0.0917.